The Hall–Kier alpha value is -0.770. The molecule has 1 N–H and O–H groups in total. The Morgan fingerprint density at radius 1 is 1.53 bits per heavy atom. The molecule has 1 aromatic carbocycles. The molecule has 1 saturated heterocycles. The van der Waals surface area contributed by atoms with Crippen LogP contribution in [0.4, 0.5) is 0 Å². The highest BCUT2D eigenvalue weighted by molar-refractivity contribution is 6.32. The number of nitrogens with one attached hydrogen (secondary N) is 1. The third kappa shape index (κ3) is 3.62. The Morgan fingerprint density at radius 2 is 2.37 bits per heavy atom. The summed E-state index contributed by atoms with van der Waals surface area (Å²) in [5.41, 5.74) is 1.21. The molecule has 0 spiro atoms. The van der Waals surface area contributed by atoms with Crippen molar-refractivity contribution in [3.8, 4) is 5.75 Å². The van der Waals surface area contributed by atoms with Gasteiger partial charge in [0.25, 0.3) is 0 Å². The molecule has 0 saturated carbocycles. The van der Waals surface area contributed by atoms with Crippen LogP contribution in [0.1, 0.15) is 31.4 Å². The summed E-state index contributed by atoms with van der Waals surface area (Å²) in [5.74, 6) is 1.23. The summed E-state index contributed by atoms with van der Waals surface area (Å²) in [6.07, 6.45) is 2.33. The van der Waals surface area contributed by atoms with E-state index in [1.165, 1.54) is 12.0 Å². The number of methoxy groups -OCH3 is 1. The van der Waals surface area contributed by atoms with Crippen LogP contribution in [0.2, 0.25) is 5.02 Å². The van der Waals surface area contributed by atoms with Gasteiger partial charge in [0, 0.05) is 18.6 Å². The molecular formula is C15H22ClNO2. The summed E-state index contributed by atoms with van der Waals surface area (Å²) in [6, 6.07) is 6.33. The van der Waals surface area contributed by atoms with Crippen molar-refractivity contribution in [2.45, 2.75) is 25.8 Å². The molecule has 3 nitrogen and oxygen atoms in total. The molecule has 1 aliphatic heterocycles. The van der Waals surface area contributed by atoms with Gasteiger partial charge in [0.2, 0.25) is 0 Å². The van der Waals surface area contributed by atoms with Gasteiger partial charge in [0.1, 0.15) is 5.75 Å². The standard InChI is InChI=1S/C15H22ClNO2/c1-3-17-15(12-5-4-8-19-10-12)11-6-7-14(18-2)13(16)9-11/h6-7,9,12,15,17H,3-5,8,10H2,1-2H3. The van der Waals surface area contributed by atoms with Crippen LogP contribution in [0.5, 0.6) is 5.75 Å². The lowest BCUT2D eigenvalue weighted by Crippen LogP contribution is -2.33. The smallest absolute Gasteiger partial charge is 0.137 e. The first-order chi connectivity index (χ1) is 9.26. The van der Waals surface area contributed by atoms with Crippen LogP contribution in [0.25, 0.3) is 0 Å². The Balaban J connectivity index is 2.19. The van der Waals surface area contributed by atoms with Gasteiger partial charge in [-0.25, -0.2) is 0 Å². The van der Waals surface area contributed by atoms with E-state index in [2.05, 4.69) is 18.3 Å². The summed E-state index contributed by atoms with van der Waals surface area (Å²) in [7, 11) is 1.64. The second kappa shape index (κ2) is 7.13. The lowest BCUT2D eigenvalue weighted by Gasteiger charge is -2.31. The van der Waals surface area contributed by atoms with Gasteiger partial charge in [-0.1, -0.05) is 24.6 Å². The van der Waals surface area contributed by atoms with Crippen LogP contribution in [0.15, 0.2) is 18.2 Å². The zero-order chi connectivity index (χ0) is 13.7. The van der Waals surface area contributed by atoms with Gasteiger partial charge in [-0.15, -0.1) is 0 Å². The fourth-order valence-electron chi connectivity index (χ4n) is 2.68. The van der Waals surface area contributed by atoms with Crippen molar-refractivity contribution >= 4 is 11.6 Å². The fraction of sp³-hybridized carbons (Fsp3) is 0.600. The van der Waals surface area contributed by atoms with Crippen LogP contribution in [0.3, 0.4) is 0 Å². The predicted molar refractivity (Wildman–Crippen MR) is 78.0 cm³/mol. The topological polar surface area (TPSA) is 30.5 Å². The van der Waals surface area contributed by atoms with E-state index < -0.39 is 0 Å². The number of ether oxygens (including phenoxy) is 2. The maximum atomic E-state index is 6.23. The van der Waals surface area contributed by atoms with Crippen LogP contribution in [0, 0.1) is 5.92 Å². The van der Waals surface area contributed by atoms with E-state index in [0.29, 0.717) is 17.0 Å². The van der Waals surface area contributed by atoms with Crippen molar-refractivity contribution in [1.29, 1.82) is 0 Å². The molecule has 2 atom stereocenters. The fourth-order valence-corrected chi connectivity index (χ4v) is 2.95. The lowest BCUT2D eigenvalue weighted by atomic mass is 9.88. The second-order valence-corrected chi connectivity index (χ2v) is 5.31. The Kier molecular flexibility index (Phi) is 5.49. The zero-order valence-electron chi connectivity index (χ0n) is 11.6. The van der Waals surface area contributed by atoms with Crippen LogP contribution in [-0.4, -0.2) is 26.9 Å². The van der Waals surface area contributed by atoms with Crippen molar-refractivity contribution < 1.29 is 9.47 Å². The highest BCUT2D eigenvalue weighted by Crippen LogP contribution is 2.33. The van der Waals surface area contributed by atoms with Crippen molar-refractivity contribution in [3.63, 3.8) is 0 Å². The molecule has 1 heterocycles. The lowest BCUT2D eigenvalue weighted by molar-refractivity contribution is 0.0393. The summed E-state index contributed by atoms with van der Waals surface area (Å²) in [6.45, 7) is 4.77. The Labute approximate surface area is 120 Å². The van der Waals surface area contributed by atoms with Crippen molar-refractivity contribution in [2.75, 3.05) is 26.9 Å². The summed E-state index contributed by atoms with van der Waals surface area (Å²) in [4.78, 5) is 0. The molecule has 4 heteroatoms. The maximum absolute atomic E-state index is 6.23. The largest absolute Gasteiger partial charge is 0.495 e. The minimum absolute atomic E-state index is 0.300. The minimum Gasteiger partial charge on any atom is -0.495 e. The van der Waals surface area contributed by atoms with E-state index in [4.69, 9.17) is 21.1 Å². The number of benzene rings is 1. The van der Waals surface area contributed by atoms with Gasteiger partial charge in [0.15, 0.2) is 0 Å². The number of hydrogen-bond acceptors (Lipinski definition) is 3. The molecule has 1 aliphatic rings. The first kappa shape index (κ1) is 14.6. The summed E-state index contributed by atoms with van der Waals surface area (Å²) < 4.78 is 10.8. The molecule has 0 radical (unpaired) electrons. The van der Waals surface area contributed by atoms with Crippen molar-refractivity contribution in [1.82, 2.24) is 5.32 Å². The quantitative estimate of drug-likeness (QED) is 0.898. The first-order valence-corrected chi connectivity index (χ1v) is 7.28. The van der Waals surface area contributed by atoms with E-state index in [0.717, 1.165) is 31.9 Å². The molecule has 1 fully saturated rings. The number of rotatable bonds is 5. The molecule has 2 unspecified atom stereocenters. The van der Waals surface area contributed by atoms with E-state index in [1.807, 2.05) is 12.1 Å². The third-order valence-corrected chi connectivity index (χ3v) is 3.92. The molecule has 19 heavy (non-hydrogen) atoms. The van der Waals surface area contributed by atoms with Crippen LogP contribution < -0.4 is 10.1 Å². The zero-order valence-corrected chi connectivity index (χ0v) is 12.4. The Morgan fingerprint density at radius 3 is 2.95 bits per heavy atom. The third-order valence-electron chi connectivity index (χ3n) is 3.63. The van der Waals surface area contributed by atoms with Crippen molar-refractivity contribution in [2.24, 2.45) is 5.92 Å². The van der Waals surface area contributed by atoms with Gasteiger partial charge in [-0.05, 0) is 37.1 Å². The van der Waals surface area contributed by atoms with E-state index in [-0.39, 0.29) is 0 Å². The normalized spacial score (nSPS) is 21.1. The predicted octanol–water partition coefficient (Wildman–Crippen LogP) is 3.43. The van der Waals surface area contributed by atoms with E-state index >= 15 is 0 Å². The highest BCUT2D eigenvalue weighted by atomic mass is 35.5. The Bertz CT molecular complexity index is 405. The molecule has 106 valence electrons. The molecular weight excluding hydrogens is 262 g/mol. The highest BCUT2D eigenvalue weighted by Gasteiger charge is 2.25. The van der Waals surface area contributed by atoms with E-state index in [1.54, 1.807) is 7.11 Å². The second-order valence-electron chi connectivity index (χ2n) is 4.91. The van der Waals surface area contributed by atoms with Gasteiger partial charge < -0.3 is 14.8 Å². The molecule has 0 amide bonds. The molecule has 1 aromatic rings. The van der Waals surface area contributed by atoms with E-state index in [9.17, 15) is 0 Å². The molecule has 0 aliphatic carbocycles. The number of hydrogen-bond donors (Lipinski definition) is 1. The maximum Gasteiger partial charge on any atom is 0.137 e. The number of halogens is 1. The SMILES string of the molecule is CCNC(c1ccc(OC)c(Cl)c1)C1CCCOC1. The van der Waals surface area contributed by atoms with Gasteiger partial charge in [-0.2, -0.15) is 0 Å². The average molecular weight is 284 g/mol. The monoisotopic (exact) mass is 283 g/mol. The summed E-state index contributed by atoms with van der Waals surface area (Å²) >= 11 is 6.23. The molecule has 0 bridgehead atoms. The van der Waals surface area contributed by atoms with Crippen LogP contribution >= 0.6 is 11.6 Å². The summed E-state index contributed by atoms with van der Waals surface area (Å²) in [5, 5.41) is 4.22. The van der Waals surface area contributed by atoms with Crippen molar-refractivity contribution in [3.05, 3.63) is 28.8 Å². The van der Waals surface area contributed by atoms with Gasteiger partial charge in [-0.3, -0.25) is 0 Å². The first-order valence-electron chi connectivity index (χ1n) is 6.90. The van der Waals surface area contributed by atoms with Gasteiger partial charge >= 0.3 is 0 Å². The minimum atomic E-state index is 0.300. The van der Waals surface area contributed by atoms with Gasteiger partial charge in [0.05, 0.1) is 18.7 Å². The average Bonchev–Trinajstić information content (AvgIpc) is 2.45. The molecule has 0 aromatic heterocycles. The molecule has 2 rings (SSSR count). The van der Waals surface area contributed by atoms with Crippen LogP contribution in [-0.2, 0) is 4.74 Å².